The Balaban J connectivity index is 1.24. The first kappa shape index (κ1) is 64.5. The number of aliphatic hydroxyl groups is 2. The molecule has 4 heterocycles. The summed E-state index contributed by atoms with van der Waals surface area (Å²) in [6, 6.07) is 8.32. The van der Waals surface area contributed by atoms with Crippen LogP contribution < -0.4 is 5.46 Å². The van der Waals surface area contributed by atoms with Gasteiger partial charge in [0.15, 0.2) is 11.6 Å². The summed E-state index contributed by atoms with van der Waals surface area (Å²) in [5.74, 6) is -8.86. The highest BCUT2D eigenvalue weighted by Gasteiger charge is 2.53. The second-order valence-electron chi connectivity index (χ2n) is 23.9. The molecule has 0 spiro atoms. The second kappa shape index (κ2) is 29.5. The van der Waals surface area contributed by atoms with Crippen molar-refractivity contribution in [1.29, 1.82) is 0 Å². The largest absolute Gasteiger partial charge is 0.493 e. The van der Waals surface area contributed by atoms with Gasteiger partial charge in [-0.3, -0.25) is 24.0 Å². The van der Waals surface area contributed by atoms with Crippen LogP contribution >= 0.6 is 0 Å². The fraction of sp³-hybridized carbons (Fsp3) is 0.677. The van der Waals surface area contributed by atoms with Crippen molar-refractivity contribution in [3.05, 3.63) is 77.9 Å². The molecule has 4 fully saturated rings. The van der Waals surface area contributed by atoms with E-state index in [-0.39, 0.29) is 61.6 Å². The highest BCUT2D eigenvalue weighted by molar-refractivity contribution is 6.61. The lowest BCUT2D eigenvalue weighted by Crippen LogP contribution is -2.61. The molecule has 1 aromatic rings. The lowest BCUT2D eigenvalue weighted by molar-refractivity contribution is -0.265. The molecule has 3 saturated heterocycles. The van der Waals surface area contributed by atoms with E-state index in [9.17, 15) is 39.0 Å². The number of benzene rings is 1. The molecule has 442 valence electrons. The number of piperidine rings is 1. The van der Waals surface area contributed by atoms with E-state index in [0.29, 0.717) is 64.2 Å². The van der Waals surface area contributed by atoms with Crippen LogP contribution in [0, 0.1) is 40.9 Å². The third kappa shape index (κ3) is 16.3. The number of esters is 2. The predicted octanol–water partition coefficient (Wildman–Crippen LogP) is 7.18. The third-order valence-corrected chi connectivity index (χ3v) is 17.4. The number of Topliss-reactive ketones (excluding diaryl/α,β-unsaturated/α-hetero) is 3. The molecule has 2 N–H and O–H groups in total. The van der Waals surface area contributed by atoms with Crippen molar-refractivity contribution in [2.45, 2.75) is 187 Å². The summed E-state index contributed by atoms with van der Waals surface area (Å²) in [7, 11) is 3.94. The summed E-state index contributed by atoms with van der Waals surface area (Å²) in [4.78, 5) is 86.7. The molecule has 1 unspecified atom stereocenters. The molecular weight excluding hydrogens is 1030 g/mol. The van der Waals surface area contributed by atoms with Crippen molar-refractivity contribution in [2.24, 2.45) is 40.9 Å². The van der Waals surface area contributed by atoms with E-state index in [2.05, 4.69) is 0 Å². The van der Waals surface area contributed by atoms with Crippen molar-refractivity contribution in [3.8, 4) is 0 Å². The highest BCUT2D eigenvalue weighted by Crippen LogP contribution is 2.39. The van der Waals surface area contributed by atoms with Gasteiger partial charge in [0.1, 0.15) is 29.8 Å². The smallest absolute Gasteiger partial charge is 0.460 e. The van der Waals surface area contributed by atoms with Crippen LogP contribution in [0.3, 0.4) is 0 Å². The summed E-state index contributed by atoms with van der Waals surface area (Å²) in [5, 5.41) is 23.7. The minimum atomic E-state index is -2.46. The van der Waals surface area contributed by atoms with E-state index >= 15 is 0 Å². The molecular formula is C62H90BNO16. The van der Waals surface area contributed by atoms with Crippen molar-refractivity contribution in [3.63, 3.8) is 0 Å². The molecule has 0 aromatic heterocycles. The van der Waals surface area contributed by atoms with E-state index in [1.165, 1.54) is 12.0 Å². The van der Waals surface area contributed by atoms with Gasteiger partial charge >= 0.3 is 19.1 Å². The fourth-order valence-corrected chi connectivity index (χ4v) is 12.1. The van der Waals surface area contributed by atoms with Gasteiger partial charge < -0.3 is 52.8 Å². The van der Waals surface area contributed by atoms with Gasteiger partial charge in [0.2, 0.25) is 5.79 Å². The van der Waals surface area contributed by atoms with E-state index in [4.69, 9.17) is 37.7 Å². The number of amides is 1. The van der Waals surface area contributed by atoms with Crippen molar-refractivity contribution in [2.75, 3.05) is 41.1 Å². The van der Waals surface area contributed by atoms with E-state index in [0.717, 1.165) is 11.0 Å². The quantitative estimate of drug-likeness (QED) is 0.142. The Hall–Kier alpha value is -4.66. The van der Waals surface area contributed by atoms with E-state index in [1.807, 2.05) is 88.4 Å². The fourth-order valence-electron chi connectivity index (χ4n) is 12.1. The number of ketones is 3. The predicted molar refractivity (Wildman–Crippen MR) is 301 cm³/mol. The van der Waals surface area contributed by atoms with Gasteiger partial charge in [-0.25, -0.2) is 4.79 Å². The second-order valence-corrected chi connectivity index (χ2v) is 23.9. The molecule has 1 aromatic carbocycles. The van der Waals surface area contributed by atoms with Crippen LogP contribution in [0.4, 0.5) is 0 Å². The molecule has 1 amide bonds. The number of aliphatic hydroxyl groups excluding tert-OH is 1. The van der Waals surface area contributed by atoms with E-state index < -0.39 is 114 Å². The number of rotatable bonds is 9. The maximum absolute atomic E-state index is 14.7. The number of methoxy groups -OCH3 is 3. The van der Waals surface area contributed by atoms with Gasteiger partial charge in [-0.05, 0) is 119 Å². The highest BCUT2D eigenvalue weighted by atomic mass is 16.6. The van der Waals surface area contributed by atoms with Crippen LogP contribution in [0.25, 0.3) is 0 Å². The normalized spacial score (nSPS) is 35.3. The van der Waals surface area contributed by atoms with Crippen LogP contribution in [0.5, 0.6) is 0 Å². The first-order valence-corrected chi connectivity index (χ1v) is 29.0. The lowest BCUT2D eigenvalue weighted by Gasteiger charge is -2.42. The van der Waals surface area contributed by atoms with E-state index in [1.54, 1.807) is 48.0 Å². The number of carbonyl (C=O) groups is 6. The SMILES string of the molecule is CO[C@H]1C[C@@H]2CC[C@@H](C)[C@@](O)(O2)C(=O)C(=O)N2CCCC[C@H]2C(=O)O[C@H]([C@H](C)C[C@@H]2CC[C@@H](OC(=O)C3(C)COB(c4ccccc4)OC3)[C@H](OC)C2)CC(=O)/C(C)=C/C(C)[C@@H](O)[C@@H](OC)C(=O)[C@H](C)C[C@H](C)C=CC=CC=C1C. The molecule has 0 radical (unpaired) electrons. The van der Waals surface area contributed by atoms with Crippen molar-refractivity contribution in [1.82, 2.24) is 4.90 Å². The van der Waals surface area contributed by atoms with Crippen LogP contribution in [-0.2, 0) is 66.5 Å². The Morgan fingerprint density at radius 1 is 0.850 bits per heavy atom. The zero-order valence-electron chi connectivity index (χ0n) is 49.2. The number of ether oxygens (including phenoxy) is 6. The molecule has 15 atom stereocenters. The average molecular weight is 1120 g/mol. The average Bonchev–Trinajstić information content (AvgIpc) is 3.57. The number of fused-ring (bicyclic) bond motifs is 3. The molecule has 18 heteroatoms. The summed E-state index contributed by atoms with van der Waals surface area (Å²) < 4.78 is 48.2. The number of hydrogen-bond acceptors (Lipinski definition) is 16. The van der Waals surface area contributed by atoms with Crippen LogP contribution in [-0.4, -0.2) is 153 Å². The van der Waals surface area contributed by atoms with Gasteiger partial charge in [0.25, 0.3) is 11.7 Å². The number of carbonyl (C=O) groups excluding carboxylic acids is 6. The van der Waals surface area contributed by atoms with Gasteiger partial charge in [-0.1, -0.05) is 101 Å². The maximum atomic E-state index is 14.7. The van der Waals surface area contributed by atoms with Crippen molar-refractivity contribution >= 4 is 47.8 Å². The van der Waals surface area contributed by atoms with Crippen molar-refractivity contribution < 1.29 is 76.7 Å². The zero-order valence-corrected chi connectivity index (χ0v) is 49.2. The lowest BCUT2D eigenvalue weighted by atomic mass is 9.75. The molecule has 80 heavy (non-hydrogen) atoms. The van der Waals surface area contributed by atoms with Gasteiger partial charge in [-0.2, -0.15) is 0 Å². The Labute approximate surface area is 474 Å². The molecule has 1 aliphatic carbocycles. The molecule has 2 bridgehead atoms. The summed E-state index contributed by atoms with van der Waals surface area (Å²) in [6.07, 6.45) is 10.4. The van der Waals surface area contributed by atoms with Crippen LogP contribution in [0.2, 0.25) is 0 Å². The van der Waals surface area contributed by atoms with Gasteiger partial charge in [0, 0.05) is 71.7 Å². The summed E-state index contributed by atoms with van der Waals surface area (Å²) in [6.45, 7) is 14.7. The monoisotopic (exact) mass is 1120 g/mol. The Morgan fingerprint density at radius 3 is 2.24 bits per heavy atom. The van der Waals surface area contributed by atoms with Crippen LogP contribution in [0.15, 0.2) is 77.9 Å². The molecule has 5 aliphatic rings. The number of hydrogen-bond donors (Lipinski definition) is 2. The summed E-state index contributed by atoms with van der Waals surface area (Å²) >= 11 is 0. The molecule has 1 saturated carbocycles. The zero-order chi connectivity index (χ0) is 58.5. The first-order chi connectivity index (χ1) is 38.0. The Bertz CT molecular complexity index is 2400. The standard InChI is InChI=1S/C62H90BNO16/c1-38-20-14-12-15-21-39(2)51(73-9)34-47-27-25-44(7)62(72,80-47)57(68)58(69)64-29-19-18-24-48(64)59(70)78-52(35-49(65)40(3)31-43(6)55(67)56(75-11)54(66)42(5)30-38)41(4)32-45-26-28-50(53(33-45)74-10)79-60(71)61(8)36-76-63(77-37-61)46-22-16-13-17-23-46/h12-17,20-23,31,38,41-45,47-48,50-53,55-56,67,72H,18-19,24-30,32-37H2,1-11H3/b15-12?,20-14?,39-21?,40-31+/t38-,41-,42-,43?,44-,45+,47+,48+,50-,51+,52+,53-,55-,56+,62-/m1/s1. The minimum Gasteiger partial charge on any atom is -0.460 e. The maximum Gasteiger partial charge on any atom is 0.493 e. The molecule has 4 aliphatic heterocycles. The number of allylic oxidation sites excluding steroid dienone is 6. The minimum absolute atomic E-state index is 0.0000134. The third-order valence-electron chi connectivity index (χ3n) is 17.4. The number of cyclic esters (lactones) is 1. The van der Waals surface area contributed by atoms with Gasteiger partial charge in [0.05, 0.1) is 24.4 Å². The Kier molecular flexibility index (Phi) is 23.8. The Morgan fingerprint density at radius 2 is 1.56 bits per heavy atom. The number of nitrogens with zero attached hydrogens (tertiary/aromatic N) is 1. The first-order valence-electron chi connectivity index (χ1n) is 29.0. The van der Waals surface area contributed by atoms with Crippen LogP contribution in [0.1, 0.15) is 132 Å². The molecule has 17 nitrogen and oxygen atoms in total. The topological polar surface area (TPSA) is 220 Å². The van der Waals surface area contributed by atoms with Gasteiger partial charge in [-0.15, -0.1) is 0 Å². The molecule has 6 rings (SSSR count). The summed E-state index contributed by atoms with van der Waals surface area (Å²) in [5.41, 5.74) is 0.968.